The molecule has 1 nitrogen and oxygen atoms in total. The van der Waals surface area contributed by atoms with Crippen LogP contribution < -0.4 is 5.32 Å². The van der Waals surface area contributed by atoms with E-state index in [2.05, 4.69) is 12.2 Å². The lowest BCUT2D eigenvalue weighted by Crippen LogP contribution is -2.55. The first-order chi connectivity index (χ1) is 10.2. The summed E-state index contributed by atoms with van der Waals surface area (Å²) in [5, 5.41) is 4.08. The molecule has 1 N–H and O–H groups in total. The lowest BCUT2D eigenvalue weighted by atomic mass is 9.48. The van der Waals surface area contributed by atoms with Gasteiger partial charge in [0.2, 0.25) is 0 Å². The zero-order valence-corrected chi connectivity index (χ0v) is 13.8. The Morgan fingerprint density at radius 2 is 1.33 bits per heavy atom. The molecule has 1 unspecified atom stereocenters. The molecule has 0 aromatic heterocycles. The van der Waals surface area contributed by atoms with Gasteiger partial charge in [0, 0.05) is 6.04 Å². The fourth-order valence-corrected chi connectivity index (χ4v) is 7.00. The molecule has 6 aliphatic rings. The summed E-state index contributed by atoms with van der Waals surface area (Å²) in [7, 11) is 0. The van der Waals surface area contributed by atoms with Gasteiger partial charge in [0.25, 0.3) is 0 Å². The molecule has 0 spiro atoms. The van der Waals surface area contributed by atoms with E-state index in [0.29, 0.717) is 5.41 Å². The SMILES string of the molecule is CC(NCC(C1CC1)C1CC1)C12CC3CC(CC(C3)C1)C2. The minimum absolute atomic E-state index is 0.701. The highest BCUT2D eigenvalue weighted by atomic mass is 14.9. The van der Waals surface area contributed by atoms with E-state index < -0.39 is 0 Å². The highest BCUT2D eigenvalue weighted by molar-refractivity contribution is 5.05. The first kappa shape index (κ1) is 13.4. The maximum absolute atomic E-state index is 4.08. The monoisotopic (exact) mass is 287 g/mol. The average Bonchev–Trinajstić information content (AvgIpc) is 3.32. The Balaban J connectivity index is 1.24. The van der Waals surface area contributed by atoms with Crippen molar-refractivity contribution in [1.29, 1.82) is 0 Å². The summed E-state index contributed by atoms with van der Waals surface area (Å²) < 4.78 is 0. The maximum Gasteiger partial charge on any atom is 0.00956 e. The first-order valence-electron chi connectivity index (χ1n) is 9.95. The van der Waals surface area contributed by atoms with Gasteiger partial charge in [-0.3, -0.25) is 0 Å². The predicted octanol–water partition coefficient (Wildman–Crippen LogP) is 4.62. The predicted molar refractivity (Wildman–Crippen MR) is 87.0 cm³/mol. The van der Waals surface area contributed by atoms with Crippen LogP contribution in [-0.4, -0.2) is 12.6 Å². The summed E-state index contributed by atoms with van der Waals surface area (Å²) >= 11 is 0. The second-order valence-corrected chi connectivity index (χ2v) is 9.75. The topological polar surface area (TPSA) is 12.0 Å². The third-order valence-corrected chi connectivity index (χ3v) is 8.12. The van der Waals surface area contributed by atoms with E-state index in [1.54, 1.807) is 38.5 Å². The van der Waals surface area contributed by atoms with Gasteiger partial charge in [-0.05, 0) is 119 Å². The summed E-state index contributed by atoms with van der Waals surface area (Å²) in [5.41, 5.74) is 0.701. The Bertz CT molecular complexity index is 359. The molecule has 4 bridgehead atoms. The smallest absolute Gasteiger partial charge is 0.00956 e. The highest BCUT2D eigenvalue weighted by Crippen LogP contribution is 2.61. The van der Waals surface area contributed by atoms with Crippen LogP contribution in [-0.2, 0) is 0 Å². The van der Waals surface area contributed by atoms with Gasteiger partial charge in [0.15, 0.2) is 0 Å². The molecule has 6 saturated carbocycles. The molecule has 0 aromatic rings. The third kappa shape index (κ3) is 2.38. The van der Waals surface area contributed by atoms with Crippen molar-refractivity contribution in [3.05, 3.63) is 0 Å². The lowest BCUT2D eigenvalue weighted by Gasteiger charge is -2.59. The maximum atomic E-state index is 4.08. The molecule has 6 aliphatic carbocycles. The number of rotatable bonds is 6. The molecule has 21 heavy (non-hydrogen) atoms. The van der Waals surface area contributed by atoms with Crippen LogP contribution in [0.4, 0.5) is 0 Å². The van der Waals surface area contributed by atoms with E-state index >= 15 is 0 Å². The normalized spacial score (nSPS) is 46.3. The van der Waals surface area contributed by atoms with Crippen LogP contribution in [0.25, 0.3) is 0 Å². The van der Waals surface area contributed by atoms with Gasteiger partial charge in [0.05, 0.1) is 0 Å². The molecular formula is C20H33N. The summed E-state index contributed by atoms with van der Waals surface area (Å²) in [6.45, 7) is 3.89. The van der Waals surface area contributed by atoms with Crippen LogP contribution in [0.5, 0.6) is 0 Å². The molecule has 118 valence electrons. The zero-order chi connectivity index (χ0) is 14.0. The molecule has 6 rings (SSSR count). The fourth-order valence-electron chi connectivity index (χ4n) is 7.00. The largest absolute Gasteiger partial charge is 0.313 e. The van der Waals surface area contributed by atoms with Crippen molar-refractivity contribution in [3.8, 4) is 0 Å². The van der Waals surface area contributed by atoms with Crippen molar-refractivity contribution in [3.63, 3.8) is 0 Å². The van der Waals surface area contributed by atoms with E-state index in [4.69, 9.17) is 0 Å². The Morgan fingerprint density at radius 1 is 0.857 bits per heavy atom. The second kappa shape index (κ2) is 4.73. The molecule has 0 amide bonds. The Hall–Kier alpha value is -0.0400. The standard InChI is InChI=1S/C20H33N/c1-13(21-12-19(17-2-3-17)18-4-5-18)20-9-14-6-15(10-20)8-16(7-14)11-20/h13-19,21H,2-12H2,1H3. The lowest BCUT2D eigenvalue weighted by molar-refractivity contribution is -0.0710. The molecule has 0 heterocycles. The van der Waals surface area contributed by atoms with Crippen molar-refractivity contribution in [1.82, 2.24) is 5.32 Å². The van der Waals surface area contributed by atoms with Crippen molar-refractivity contribution < 1.29 is 0 Å². The Morgan fingerprint density at radius 3 is 1.76 bits per heavy atom. The van der Waals surface area contributed by atoms with Crippen LogP contribution in [0, 0.1) is 40.9 Å². The van der Waals surface area contributed by atoms with Crippen molar-refractivity contribution in [2.75, 3.05) is 6.54 Å². The first-order valence-corrected chi connectivity index (χ1v) is 9.95. The van der Waals surface area contributed by atoms with E-state index in [1.165, 1.54) is 32.2 Å². The van der Waals surface area contributed by atoms with Gasteiger partial charge in [0.1, 0.15) is 0 Å². The summed E-state index contributed by atoms with van der Waals surface area (Å²) in [6, 6.07) is 0.783. The summed E-state index contributed by atoms with van der Waals surface area (Å²) in [4.78, 5) is 0. The number of hydrogen-bond acceptors (Lipinski definition) is 1. The van der Waals surface area contributed by atoms with Crippen LogP contribution in [0.1, 0.15) is 71.1 Å². The fraction of sp³-hybridized carbons (Fsp3) is 1.00. The van der Waals surface area contributed by atoms with Gasteiger partial charge in [-0.2, -0.15) is 0 Å². The molecular weight excluding hydrogens is 254 g/mol. The molecule has 6 fully saturated rings. The molecule has 0 aromatic carbocycles. The molecule has 1 heteroatoms. The van der Waals surface area contributed by atoms with Gasteiger partial charge in [-0.25, -0.2) is 0 Å². The minimum atomic E-state index is 0.701. The quantitative estimate of drug-likeness (QED) is 0.752. The summed E-state index contributed by atoms with van der Waals surface area (Å²) in [6.07, 6.45) is 15.6. The van der Waals surface area contributed by atoms with E-state index in [-0.39, 0.29) is 0 Å². The summed E-state index contributed by atoms with van der Waals surface area (Å²) in [5.74, 6) is 6.55. The van der Waals surface area contributed by atoms with Crippen molar-refractivity contribution >= 4 is 0 Å². The third-order valence-electron chi connectivity index (χ3n) is 8.12. The van der Waals surface area contributed by atoms with E-state index in [0.717, 1.165) is 41.5 Å². The van der Waals surface area contributed by atoms with Crippen molar-refractivity contribution in [2.45, 2.75) is 77.2 Å². The van der Waals surface area contributed by atoms with Crippen LogP contribution >= 0.6 is 0 Å². The van der Waals surface area contributed by atoms with Crippen LogP contribution in [0.3, 0.4) is 0 Å². The van der Waals surface area contributed by atoms with Gasteiger partial charge in [-0.1, -0.05) is 0 Å². The minimum Gasteiger partial charge on any atom is -0.313 e. The number of hydrogen-bond donors (Lipinski definition) is 1. The van der Waals surface area contributed by atoms with E-state index in [1.807, 2.05) is 0 Å². The van der Waals surface area contributed by atoms with E-state index in [9.17, 15) is 0 Å². The van der Waals surface area contributed by atoms with Gasteiger partial charge >= 0.3 is 0 Å². The molecule has 1 atom stereocenters. The highest BCUT2D eigenvalue weighted by Gasteiger charge is 2.53. The Labute approximate surface area is 130 Å². The molecule has 0 saturated heterocycles. The molecule has 0 radical (unpaired) electrons. The Kier molecular flexibility index (Phi) is 3.02. The zero-order valence-electron chi connectivity index (χ0n) is 13.8. The van der Waals surface area contributed by atoms with Crippen LogP contribution in [0.2, 0.25) is 0 Å². The average molecular weight is 287 g/mol. The van der Waals surface area contributed by atoms with Crippen molar-refractivity contribution in [2.24, 2.45) is 40.9 Å². The number of nitrogens with one attached hydrogen (secondary N) is 1. The second-order valence-electron chi connectivity index (χ2n) is 9.75. The van der Waals surface area contributed by atoms with Crippen LogP contribution in [0.15, 0.2) is 0 Å². The van der Waals surface area contributed by atoms with Gasteiger partial charge in [-0.15, -0.1) is 0 Å². The van der Waals surface area contributed by atoms with Gasteiger partial charge < -0.3 is 5.32 Å². The molecule has 0 aliphatic heterocycles.